The molecule has 0 aliphatic rings. The van der Waals surface area contributed by atoms with Crippen LogP contribution in [0.15, 0.2) is 29.4 Å². The molecule has 0 fully saturated rings. The molecule has 98 valence electrons. The van der Waals surface area contributed by atoms with Crippen molar-refractivity contribution >= 4 is 17.3 Å². The lowest BCUT2D eigenvalue weighted by Crippen LogP contribution is -2.18. The van der Waals surface area contributed by atoms with Crippen molar-refractivity contribution in [2.75, 3.05) is 18.5 Å². The summed E-state index contributed by atoms with van der Waals surface area (Å²) in [7, 11) is 0. The van der Waals surface area contributed by atoms with Gasteiger partial charge in [0.15, 0.2) is 0 Å². The highest BCUT2D eigenvalue weighted by atomic mass is 16.5. The Bertz CT molecular complexity index is 430. The first-order valence-electron chi connectivity index (χ1n) is 5.84. The molecule has 0 saturated carbocycles. The first-order chi connectivity index (χ1) is 8.67. The van der Waals surface area contributed by atoms with Crippen LogP contribution in [0.3, 0.4) is 0 Å². The Morgan fingerprint density at radius 2 is 2.28 bits per heavy atom. The predicted octanol–water partition coefficient (Wildman–Crippen LogP) is 2.25. The fourth-order valence-corrected chi connectivity index (χ4v) is 1.39. The van der Waals surface area contributed by atoms with Crippen molar-refractivity contribution in [2.45, 2.75) is 20.3 Å². The molecule has 0 radical (unpaired) electrons. The number of rotatable bonds is 6. The maximum Gasteiger partial charge on any atom is 0.250 e. The molecule has 5 nitrogen and oxygen atoms in total. The predicted molar refractivity (Wildman–Crippen MR) is 70.2 cm³/mol. The van der Waals surface area contributed by atoms with Gasteiger partial charge in [0.25, 0.3) is 0 Å². The van der Waals surface area contributed by atoms with Gasteiger partial charge in [-0.2, -0.15) is 0 Å². The Kier molecular flexibility index (Phi) is 5.87. The lowest BCUT2D eigenvalue weighted by Gasteiger charge is -2.07. The summed E-state index contributed by atoms with van der Waals surface area (Å²) in [5.41, 5.74) is 1.90. The average Bonchev–Trinajstić information content (AvgIpc) is 2.38. The molecule has 0 aliphatic carbocycles. The molecule has 1 aromatic carbocycles. The molecule has 0 heterocycles. The Labute approximate surface area is 106 Å². The van der Waals surface area contributed by atoms with E-state index in [4.69, 9.17) is 9.94 Å². The van der Waals surface area contributed by atoms with Gasteiger partial charge in [0.2, 0.25) is 5.91 Å². The standard InChI is InChI=1S/C13H18N2O3/c1-3-7-18-9-13(16)14-12-6-4-5-11(8-12)10(2)15-17/h4-6,8,17H,3,7,9H2,1-2H3,(H,14,16)/b15-10+. The second kappa shape index (κ2) is 7.45. The van der Waals surface area contributed by atoms with E-state index < -0.39 is 0 Å². The van der Waals surface area contributed by atoms with Crippen LogP contribution >= 0.6 is 0 Å². The summed E-state index contributed by atoms with van der Waals surface area (Å²) in [5.74, 6) is -0.195. The number of carbonyl (C=O) groups excluding carboxylic acids is 1. The molecule has 0 aliphatic heterocycles. The summed E-state index contributed by atoms with van der Waals surface area (Å²) in [4.78, 5) is 11.5. The Balaban J connectivity index is 2.59. The minimum absolute atomic E-state index is 0.0468. The van der Waals surface area contributed by atoms with Crippen LogP contribution in [0.2, 0.25) is 0 Å². The molecule has 0 saturated heterocycles. The Morgan fingerprint density at radius 1 is 1.50 bits per heavy atom. The summed E-state index contributed by atoms with van der Waals surface area (Å²) >= 11 is 0. The van der Waals surface area contributed by atoms with E-state index in [-0.39, 0.29) is 12.5 Å². The van der Waals surface area contributed by atoms with Crippen LogP contribution in [0.4, 0.5) is 5.69 Å². The normalized spacial score (nSPS) is 11.3. The zero-order valence-electron chi connectivity index (χ0n) is 10.6. The summed E-state index contributed by atoms with van der Waals surface area (Å²) in [5, 5.41) is 14.5. The number of oxime groups is 1. The molecule has 1 aromatic rings. The van der Waals surface area contributed by atoms with E-state index in [1.54, 1.807) is 31.2 Å². The highest BCUT2D eigenvalue weighted by Crippen LogP contribution is 2.11. The number of anilines is 1. The van der Waals surface area contributed by atoms with Crippen LogP contribution in [0, 0.1) is 0 Å². The van der Waals surface area contributed by atoms with Crippen molar-refractivity contribution < 1.29 is 14.7 Å². The van der Waals surface area contributed by atoms with E-state index in [0.29, 0.717) is 18.0 Å². The van der Waals surface area contributed by atoms with Gasteiger partial charge in [-0.15, -0.1) is 0 Å². The van der Waals surface area contributed by atoms with Gasteiger partial charge in [-0.05, 0) is 25.5 Å². The van der Waals surface area contributed by atoms with Crippen LogP contribution in [-0.4, -0.2) is 30.0 Å². The van der Waals surface area contributed by atoms with Crippen LogP contribution in [0.5, 0.6) is 0 Å². The highest BCUT2D eigenvalue weighted by Gasteiger charge is 2.04. The number of carbonyl (C=O) groups is 1. The zero-order valence-corrected chi connectivity index (χ0v) is 10.6. The largest absolute Gasteiger partial charge is 0.411 e. The van der Waals surface area contributed by atoms with Crippen molar-refractivity contribution in [3.05, 3.63) is 29.8 Å². The maximum atomic E-state index is 11.5. The number of hydrogen-bond acceptors (Lipinski definition) is 4. The monoisotopic (exact) mass is 250 g/mol. The van der Waals surface area contributed by atoms with E-state index in [2.05, 4.69) is 10.5 Å². The molecule has 1 rings (SSSR count). The van der Waals surface area contributed by atoms with Crippen molar-refractivity contribution in [3.8, 4) is 0 Å². The minimum atomic E-state index is -0.195. The maximum absolute atomic E-state index is 11.5. The molecule has 0 unspecified atom stereocenters. The van der Waals surface area contributed by atoms with E-state index >= 15 is 0 Å². The van der Waals surface area contributed by atoms with Gasteiger partial charge >= 0.3 is 0 Å². The number of benzene rings is 1. The Hall–Kier alpha value is -1.88. The fourth-order valence-electron chi connectivity index (χ4n) is 1.39. The van der Waals surface area contributed by atoms with Gasteiger partial charge in [0.1, 0.15) is 6.61 Å². The number of ether oxygens (including phenoxy) is 1. The minimum Gasteiger partial charge on any atom is -0.411 e. The van der Waals surface area contributed by atoms with E-state index in [0.717, 1.165) is 12.0 Å². The first-order valence-corrected chi connectivity index (χ1v) is 5.84. The summed E-state index contributed by atoms with van der Waals surface area (Å²) in [6.45, 7) is 4.29. The molecule has 0 spiro atoms. The molecule has 1 amide bonds. The van der Waals surface area contributed by atoms with Gasteiger partial charge in [-0.1, -0.05) is 24.2 Å². The third-order valence-corrected chi connectivity index (χ3v) is 2.30. The third kappa shape index (κ3) is 4.55. The van der Waals surface area contributed by atoms with Gasteiger partial charge < -0.3 is 15.3 Å². The quantitative estimate of drug-likeness (QED) is 0.352. The summed E-state index contributed by atoms with van der Waals surface area (Å²) < 4.78 is 5.14. The van der Waals surface area contributed by atoms with Gasteiger partial charge in [0.05, 0.1) is 5.71 Å². The van der Waals surface area contributed by atoms with E-state index in [1.165, 1.54) is 0 Å². The topological polar surface area (TPSA) is 70.9 Å². The van der Waals surface area contributed by atoms with Crippen LogP contribution < -0.4 is 5.32 Å². The van der Waals surface area contributed by atoms with E-state index in [1.807, 2.05) is 6.92 Å². The summed E-state index contributed by atoms with van der Waals surface area (Å²) in [6.07, 6.45) is 0.884. The zero-order chi connectivity index (χ0) is 13.4. The molecule has 0 aromatic heterocycles. The molecule has 2 N–H and O–H groups in total. The molecular weight excluding hydrogens is 232 g/mol. The lowest BCUT2D eigenvalue weighted by molar-refractivity contribution is -0.120. The van der Waals surface area contributed by atoms with Crippen molar-refractivity contribution in [1.82, 2.24) is 0 Å². The van der Waals surface area contributed by atoms with Gasteiger partial charge in [0, 0.05) is 17.9 Å². The number of nitrogens with one attached hydrogen (secondary N) is 1. The second-order valence-electron chi connectivity index (χ2n) is 3.87. The molecule has 18 heavy (non-hydrogen) atoms. The highest BCUT2D eigenvalue weighted by molar-refractivity contribution is 6.00. The third-order valence-electron chi connectivity index (χ3n) is 2.30. The average molecular weight is 250 g/mol. The molecular formula is C13H18N2O3. The lowest BCUT2D eigenvalue weighted by atomic mass is 10.1. The SMILES string of the molecule is CCCOCC(=O)Nc1cccc(/C(C)=N/O)c1. The van der Waals surface area contributed by atoms with E-state index in [9.17, 15) is 4.79 Å². The van der Waals surface area contributed by atoms with Gasteiger partial charge in [-0.3, -0.25) is 4.79 Å². The first kappa shape index (κ1) is 14.2. The molecule has 0 atom stereocenters. The molecule has 5 heteroatoms. The molecule has 0 bridgehead atoms. The Morgan fingerprint density at radius 3 is 2.94 bits per heavy atom. The number of hydrogen-bond donors (Lipinski definition) is 2. The van der Waals surface area contributed by atoms with Gasteiger partial charge in [-0.25, -0.2) is 0 Å². The van der Waals surface area contributed by atoms with Crippen LogP contribution in [0.25, 0.3) is 0 Å². The van der Waals surface area contributed by atoms with Crippen molar-refractivity contribution in [1.29, 1.82) is 0 Å². The van der Waals surface area contributed by atoms with Crippen LogP contribution in [0.1, 0.15) is 25.8 Å². The van der Waals surface area contributed by atoms with Crippen LogP contribution in [-0.2, 0) is 9.53 Å². The smallest absolute Gasteiger partial charge is 0.250 e. The van der Waals surface area contributed by atoms with Crippen molar-refractivity contribution in [2.24, 2.45) is 5.16 Å². The second-order valence-corrected chi connectivity index (χ2v) is 3.87. The van der Waals surface area contributed by atoms with Crippen molar-refractivity contribution in [3.63, 3.8) is 0 Å². The number of nitrogens with zero attached hydrogens (tertiary/aromatic N) is 1. The number of amides is 1. The summed E-state index contributed by atoms with van der Waals surface area (Å²) in [6, 6.07) is 7.10. The fraction of sp³-hybridized carbons (Fsp3) is 0.385.